The normalized spacial score (nSPS) is 17.9. The molecule has 8 heteroatoms. The Balaban J connectivity index is 1.53. The quantitative estimate of drug-likeness (QED) is 0.830. The Bertz CT molecular complexity index is 1110. The molecule has 0 fully saturated rings. The average Bonchev–Trinajstić information content (AvgIpc) is 3.01. The molecule has 1 atom stereocenters. The zero-order valence-corrected chi connectivity index (χ0v) is 17.1. The fourth-order valence-electron chi connectivity index (χ4n) is 3.95. The third-order valence-electron chi connectivity index (χ3n) is 5.31. The number of carbonyl (C=O) groups is 2. The van der Waals surface area contributed by atoms with E-state index in [1.165, 1.54) is 6.07 Å². The number of benzene rings is 2. The second-order valence-corrected chi connectivity index (χ2v) is 9.54. The summed E-state index contributed by atoms with van der Waals surface area (Å²) in [6.45, 7) is 3.47. The van der Waals surface area contributed by atoms with Gasteiger partial charge in [0.1, 0.15) is 5.75 Å². The van der Waals surface area contributed by atoms with Crippen LogP contribution in [0.25, 0.3) is 0 Å². The Morgan fingerprint density at radius 1 is 1.28 bits per heavy atom. The third-order valence-corrected chi connectivity index (χ3v) is 7.16. The number of rotatable bonds is 4. The number of nitrogens with one attached hydrogen (secondary N) is 1. The summed E-state index contributed by atoms with van der Waals surface area (Å²) >= 11 is 0. The minimum atomic E-state index is -3.70. The van der Waals surface area contributed by atoms with Crippen LogP contribution in [0.5, 0.6) is 5.75 Å². The van der Waals surface area contributed by atoms with Gasteiger partial charge < -0.3 is 15.0 Å². The summed E-state index contributed by atoms with van der Waals surface area (Å²) in [6.07, 6.45) is 0.663. The van der Waals surface area contributed by atoms with Crippen molar-refractivity contribution in [1.29, 1.82) is 0 Å². The minimum absolute atomic E-state index is 0.00472. The number of hydrogen-bond acceptors (Lipinski definition) is 5. The Morgan fingerprint density at radius 2 is 2.03 bits per heavy atom. The molecule has 7 nitrogen and oxygen atoms in total. The smallest absolute Gasteiger partial charge is 0.262 e. The van der Waals surface area contributed by atoms with E-state index in [1.54, 1.807) is 17.9 Å². The number of carbonyl (C=O) groups excluding carboxylic acids is 2. The number of amides is 2. The maximum atomic E-state index is 12.9. The average molecular weight is 414 g/mol. The van der Waals surface area contributed by atoms with Gasteiger partial charge in [0.2, 0.25) is 5.91 Å². The Morgan fingerprint density at radius 3 is 2.83 bits per heavy atom. The van der Waals surface area contributed by atoms with Crippen molar-refractivity contribution in [2.24, 2.45) is 0 Å². The van der Waals surface area contributed by atoms with Crippen molar-refractivity contribution in [3.05, 3.63) is 47.5 Å². The highest BCUT2D eigenvalue weighted by Gasteiger charge is 2.31. The van der Waals surface area contributed by atoms with Crippen molar-refractivity contribution >= 4 is 33.0 Å². The van der Waals surface area contributed by atoms with Gasteiger partial charge in [-0.15, -0.1) is 0 Å². The fourth-order valence-corrected chi connectivity index (χ4v) is 5.45. The molecule has 152 valence electrons. The lowest BCUT2D eigenvalue weighted by Crippen LogP contribution is -2.36. The molecule has 2 aromatic rings. The van der Waals surface area contributed by atoms with E-state index in [9.17, 15) is 18.0 Å². The van der Waals surface area contributed by atoms with Crippen molar-refractivity contribution < 1.29 is 22.7 Å². The van der Waals surface area contributed by atoms with Gasteiger partial charge in [0.25, 0.3) is 5.91 Å². The monoisotopic (exact) mass is 414 g/mol. The number of fused-ring (bicyclic) bond motifs is 2. The number of para-hydroxylation sites is 1. The molecule has 0 saturated carbocycles. The first-order chi connectivity index (χ1) is 13.8. The van der Waals surface area contributed by atoms with Gasteiger partial charge >= 0.3 is 0 Å². The fraction of sp³-hybridized carbons (Fsp3) is 0.333. The molecule has 2 heterocycles. The van der Waals surface area contributed by atoms with Crippen LogP contribution in [-0.4, -0.2) is 38.6 Å². The molecule has 2 aliphatic heterocycles. The highest BCUT2D eigenvalue weighted by molar-refractivity contribution is 7.91. The number of anilines is 2. The predicted octanol–water partition coefficient (Wildman–Crippen LogP) is 2.47. The van der Waals surface area contributed by atoms with Crippen molar-refractivity contribution in [1.82, 2.24) is 0 Å². The maximum Gasteiger partial charge on any atom is 0.262 e. The highest BCUT2D eigenvalue weighted by Crippen LogP contribution is 2.35. The number of sulfone groups is 1. The van der Waals surface area contributed by atoms with E-state index in [-0.39, 0.29) is 41.5 Å². The molecule has 0 saturated heterocycles. The van der Waals surface area contributed by atoms with Gasteiger partial charge in [-0.3, -0.25) is 9.59 Å². The third kappa shape index (κ3) is 3.60. The number of nitrogens with zero attached hydrogens (tertiary/aromatic N) is 1. The van der Waals surface area contributed by atoms with Crippen LogP contribution in [0.4, 0.5) is 11.4 Å². The van der Waals surface area contributed by atoms with Crippen LogP contribution < -0.4 is 15.0 Å². The molecule has 0 bridgehead atoms. The van der Waals surface area contributed by atoms with E-state index in [0.29, 0.717) is 17.0 Å². The van der Waals surface area contributed by atoms with Gasteiger partial charge in [-0.1, -0.05) is 18.2 Å². The minimum Gasteiger partial charge on any atom is -0.482 e. The lowest BCUT2D eigenvalue weighted by atomic mass is 10.1. The summed E-state index contributed by atoms with van der Waals surface area (Å²) < 4.78 is 31.2. The number of aryl methyl sites for hydroxylation is 1. The van der Waals surface area contributed by atoms with Crippen LogP contribution in [0, 0.1) is 6.92 Å². The molecule has 0 aromatic heterocycles. The summed E-state index contributed by atoms with van der Waals surface area (Å²) in [5, 5.41) is 2.66. The van der Waals surface area contributed by atoms with E-state index in [4.69, 9.17) is 4.74 Å². The first-order valence-corrected chi connectivity index (χ1v) is 11.1. The number of hydrogen-bond donors (Lipinski definition) is 1. The molecule has 2 amide bonds. The van der Waals surface area contributed by atoms with Crippen LogP contribution in [0.2, 0.25) is 0 Å². The van der Waals surface area contributed by atoms with Crippen molar-refractivity contribution in [2.75, 3.05) is 22.6 Å². The summed E-state index contributed by atoms with van der Waals surface area (Å²) in [5.41, 5.74) is 2.91. The molecular weight excluding hydrogens is 392 g/mol. The Hall–Kier alpha value is -2.87. The summed E-state index contributed by atoms with van der Waals surface area (Å²) in [5.74, 6) is -0.450. The van der Waals surface area contributed by atoms with Gasteiger partial charge in [-0.05, 0) is 43.5 Å². The van der Waals surface area contributed by atoms with Crippen LogP contribution >= 0.6 is 0 Å². The van der Waals surface area contributed by atoms with Gasteiger partial charge in [0.15, 0.2) is 16.4 Å². The van der Waals surface area contributed by atoms with Gasteiger partial charge in [0, 0.05) is 24.2 Å². The number of ether oxygens (including phenoxy) is 1. The summed E-state index contributed by atoms with van der Waals surface area (Å²) in [7, 11) is -3.70. The second kappa shape index (κ2) is 7.18. The van der Waals surface area contributed by atoms with Crippen LogP contribution in [0.3, 0.4) is 0 Å². The van der Waals surface area contributed by atoms with E-state index in [1.807, 2.05) is 31.2 Å². The first kappa shape index (κ1) is 19.4. The first-order valence-electron chi connectivity index (χ1n) is 9.46. The van der Waals surface area contributed by atoms with E-state index >= 15 is 0 Å². The zero-order valence-electron chi connectivity index (χ0n) is 16.3. The van der Waals surface area contributed by atoms with Crippen LogP contribution in [0.1, 0.15) is 24.5 Å². The predicted molar refractivity (Wildman–Crippen MR) is 109 cm³/mol. The summed E-state index contributed by atoms with van der Waals surface area (Å²) in [6, 6.07) is 10.7. The molecule has 2 aliphatic rings. The van der Waals surface area contributed by atoms with Gasteiger partial charge in [-0.25, -0.2) is 8.42 Å². The highest BCUT2D eigenvalue weighted by atomic mass is 32.2. The Kier molecular flexibility index (Phi) is 4.82. The van der Waals surface area contributed by atoms with Gasteiger partial charge in [0.05, 0.1) is 16.3 Å². The Labute approximate surface area is 169 Å². The van der Waals surface area contributed by atoms with Crippen LogP contribution in [-0.2, 0) is 25.8 Å². The lowest BCUT2D eigenvalue weighted by molar-refractivity contribution is -0.119. The largest absolute Gasteiger partial charge is 0.482 e. The second-order valence-electron chi connectivity index (χ2n) is 7.47. The molecule has 0 aliphatic carbocycles. The molecule has 1 unspecified atom stereocenters. The molecule has 2 aromatic carbocycles. The molecule has 1 N–H and O–H groups in total. The maximum absolute atomic E-state index is 12.9. The lowest BCUT2D eigenvalue weighted by Gasteiger charge is -2.23. The molecule has 4 rings (SSSR count). The van der Waals surface area contributed by atoms with Crippen molar-refractivity contribution in [3.8, 4) is 5.75 Å². The van der Waals surface area contributed by atoms with E-state index < -0.39 is 9.84 Å². The zero-order chi connectivity index (χ0) is 20.8. The van der Waals surface area contributed by atoms with Crippen molar-refractivity contribution in [3.63, 3.8) is 0 Å². The van der Waals surface area contributed by atoms with E-state index in [2.05, 4.69) is 5.32 Å². The SMILES string of the molecule is Cc1cc2c(cc1S(=O)(=O)CCC(=O)N1c3ccccc3CC1C)OCC(=O)N2. The van der Waals surface area contributed by atoms with Crippen molar-refractivity contribution in [2.45, 2.75) is 37.6 Å². The molecule has 0 spiro atoms. The molecule has 0 radical (unpaired) electrons. The van der Waals surface area contributed by atoms with E-state index in [0.717, 1.165) is 17.7 Å². The molecule has 29 heavy (non-hydrogen) atoms. The molecular formula is C21H22N2O5S. The van der Waals surface area contributed by atoms with Crippen LogP contribution in [0.15, 0.2) is 41.3 Å². The standard InChI is InChI=1S/C21H22N2O5S/c1-13-9-16-18(28-12-20(24)22-16)11-19(13)29(26,27)8-7-21(25)23-14(2)10-15-5-3-4-6-17(15)23/h3-6,9,11,14H,7-8,10,12H2,1-2H3,(H,22,24). The topological polar surface area (TPSA) is 92.8 Å². The van der Waals surface area contributed by atoms with Gasteiger partial charge in [-0.2, -0.15) is 0 Å². The summed E-state index contributed by atoms with van der Waals surface area (Å²) in [4.78, 5) is 26.1.